The molecule has 0 saturated carbocycles. The van der Waals surface area contributed by atoms with Gasteiger partial charge in [-0.25, -0.2) is 8.42 Å². The van der Waals surface area contributed by atoms with E-state index in [0.717, 1.165) is 6.26 Å². The predicted octanol–water partition coefficient (Wildman–Crippen LogP) is -0.161. The van der Waals surface area contributed by atoms with Crippen LogP contribution in [-0.2, 0) is 14.6 Å². The Morgan fingerprint density at radius 3 is 2.36 bits per heavy atom. The van der Waals surface area contributed by atoms with E-state index in [4.69, 9.17) is 5.26 Å². The molecule has 0 spiro atoms. The van der Waals surface area contributed by atoms with Gasteiger partial charge in [0.25, 0.3) is 0 Å². The maximum Gasteiger partial charge on any atom is 0.236 e. The van der Waals surface area contributed by atoms with Crippen LogP contribution >= 0.6 is 0 Å². The van der Waals surface area contributed by atoms with Crippen LogP contribution in [0.15, 0.2) is 0 Å². The van der Waals surface area contributed by atoms with E-state index in [1.165, 1.54) is 0 Å². The summed E-state index contributed by atoms with van der Waals surface area (Å²) in [5, 5.41) is 11.1. The number of rotatable bonds is 4. The lowest BCUT2D eigenvalue weighted by molar-refractivity contribution is -0.119. The maximum absolute atomic E-state index is 11.2. The second-order valence-corrected chi connectivity index (χ2v) is 5.56. The van der Waals surface area contributed by atoms with E-state index in [-0.39, 0.29) is 0 Å². The molecule has 0 aliphatic carbocycles. The van der Waals surface area contributed by atoms with Crippen LogP contribution in [0.1, 0.15) is 20.3 Å². The first kappa shape index (κ1) is 12.9. The summed E-state index contributed by atoms with van der Waals surface area (Å²) in [6, 6.07) is 1.92. The molecule has 0 bridgehead atoms. The highest BCUT2D eigenvalue weighted by atomic mass is 32.2. The summed E-state index contributed by atoms with van der Waals surface area (Å²) < 4.78 is 21.5. The maximum atomic E-state index is 11.2. The molecule has 0 rings (SSSR count). The van der Waals surface area contributed by atoms with E-state index in [9.17, 15) is 13.2 Å². The van der Waals surface area contributed by atoms with Gasteiger partial charge in [0.2, 0.25) is 5.91 Å². The molecular formula is C8H14N2O3S. The van der Waals surface area contributed by atoms with E-state index in [1.54, 1.807) is 13.8 Å². The minimum absolute atomic E-state index is 0.430. The van der Waals surface area contributed by atoms with Gasteiger partial charge in [0.05, 0.1) is 6.07 Å². The summed E-state index contributed by atoms with van der Waals surface area (Å²) in [5.41, 5.74) is -0.984. The summed E-state index contributed by atoms with van der Waals surface area (Å²) in [6.07, 6.45) is 1.40. The van der Waals surface area contributed by atoms with Crippen LogP contribution in [0.4, 0.5) is 0 Å². The van der Waals surface area contributed by atoms with Crippen LogP contribution in [0, 0.1) is 11.3 Å². The van der Waals surface area contributed by atoms with Gasteiger partial charge in [0.15, 0.2) is 9.84 Å². The second-order valence-electron chi connectivity index (χ2n) is 3.42. The Hall–Kier alpha value is -1.09. The summed E-state index contributed by atoms with van der Waals surface area (Å²) in [5.74, 6) is -1.22. The molecule has 1 atom stereocenters. The zero-order valence-electron chi connectivity index (χ0n) is 8.49. The molecule has 1 unspecified atom stereocenters. The van der Waals surface area contributed by atoms with Gasteiger partial charge in [-0.05, 0) is 13.3 Å². The average Bonchev–Trinajstić information content (AvgIpc) is 2.00. The molecule has 0 aromatic carbocycles. The first-order valence-electron chi connectivity index (χ1n) is 4.12. The van der Waals surface area contributed by atoms with Crippen molar-refractivity contribution in [2.24, 2.45) is 0 Å². The molecule has 5 nitrogen and oxygen atoms in total. The van der Waals surface area contributed by atoms with Crippen molar-refractivity contribution < 1.29 is 13.2 Å². The molecule has 0 aliphatic heterocycles. The van der Waals surface area contributed by atoms with Crippen LogP contribution in [0.3, 0.4) is 0 Å². The quantitative estimate of drug-likeness (QED) is 0.710. The number of hydrogen-bond donors (Lipinski definition) is 1. The molecule has 0 heterocycles. The third kappa shape index (κ3) is 4.82. The lowest BCUT2D eigenvalue weighted by atomic mass is 10.0. The minimum Gasteiger partial charge on any atom is -0.337 e. The van der Waals surface area contributed by atoms with Gasteiger partial charge < -0.3 is 5.32 Å². The largest absolute Gasteiger partial charge is 0.337 e. The predicted molar refractivity (Wildman–Crippen MR) is 52.2 cm³/mol. The van der Waals surface area contributed by atoms with Crippen molar-refractivity contribution in [2.45, 2.75) is 25.8 Å². The fourth-order valence-electron chi connectivity index (χ4n) is 0.777. The van der Waals surface area contributed by atoms with Crippen LogP contribution < -0.4 is 5.32 Å². The molecule has 1 N–H and O–H groups in total. The normalized spacial score (nSPS) is 15.3. The summed E-state index contributed by atoms with van der Waals surface area (Å²) in [6.45, 7) is 3.29. The number of nitrogens with zero attached hydrogens (tertiary/aromatic N) is 1. The smallest absolute Gasteiger partial charge is 0.236 e. The molecular weight excluding hydrogens is 204 g/mol. The highest BCUT2D eigenvalue weighted by molar-refractivity contribution is 7.91. The van der Waals surface area contributed by atoms with E-state index >= 15 is 0 Å². The Balaban J connectivity index is 4.42. The second kappa shape index (κ2) is 4.42. The lowest BCUT2D eigenvalue weighted by Gasteiger charge is -2.20. The number of carbonyl (C=O) groups excluding carboxylic acids is 1. The van der Waals surface area contributed by atoms with Crippen LogP contribution in [0.2, 0.25) is 0 Å². The third-order valence-electron chi connectivity index (χ3n) is 1.76. The molecule has 0 saturated heterocycles. The van der Waals surface area contributed by atoms with Crippen molar-refractivity contribution in [3.63, 3.8) is 0 Å². The summed E-state index contributed by atoms with van der Waals surface area (Å²) >= 11 is 0. The van der Waals surface area contributed by atoms with Gasteiger partial charge in [-0.1, -0.05) is 6.92 Å². The fraction of sp³-hybridized carbons (Fsp3) is 0.750. The Kier molecular flexibility index (Phi) is 4.08. The molecule has 0 aromatic rings. The van der Waals surface area contributed by atoms with Crippen molar-refractivity contribution in [3.8, 4) is 6.07 Å². The lowest BCUT2D eigenvalue weighted by Crippen LogP contribution is -2.46. The third-order valence-corrected chi connectivity index (χ3v) is 2.55. The molecule has 0 aliphatic rings. The van der Waals surface area contributed by atoms with Gasteiger partial charge in [-0.2, -0.15) is 5.26 Å². The van der Waals surface area contributed by atoms with E-state index in [0.29, 0.717) is 6.42 Å². The van der Waals surface area contributed by atoms with Crippen molar-refractivity contribution >= 4 is 15.7 Å². The Morgan fingerprint density at radius 2 is 2.07 bits per heavy atom. The fourth-order valence-corrected chi connectivity index (χ4v) is 1.33. The number of carbonyl (C=O) groups is 1. The Morgan fingerprint density at radius 1 is 1.57 bits per heavy atom. The van der Waals surface area contributed by atoms with Crippen molar-refractivity contribution in [3.05, 3.63) is 0 Å². The van der Waals surface area contributed by atoms with Crippen LogP contribution in [0.5, 0.6) is 0 Å². The molecule has 0 radical (unpaired) electrons. The standard InChI is InChI=1S/C8H14N2O3S/c1-4-8(2,6-9)10-7(11)5-14(3,12)13/h4-5H2,1-3H3,(H,10,11). The van der Waals surface area contributed by atoms with Gasteiger partial charge in [-0.3, -0.25) is 4.79 Å². The SMILES string of the molecule is CCC(C)(C#N)NC(=O)CS(C)(=O)=O. The molecule has 80 valence electrons. The average molecular weight is 218 g/mol. The topological polar surface area (TPSA) is 87.0 Å². The number of nitrogens with one attached hydrogen (secondary N) is 1. The minimum atomic E-state index is -3.33. The summed E-state index contributed by atoms with van der Waals surface area (Å²) in [4.78, 5) is 11.2. The molecule has 1 amide bonds. The number of sulfone groups is 1. The molecule has 6 heteroatoms. The Labute approximate surface area is 84.0 Å². The number of nitriles is 1. The molecule has 14 heavy (non-hydrogen) atoms. The van der Waals surface area contributed by atoms with Gasteiger partial charge in [0, 0.05) is 6.26 Å². The number of amides is 1. The first-order valence-corrected chi connectivity index (χ1v) is 6.18. The van der Waals surface area contributed by atoms with E-state index in [2.05, 4.69) is 5.32 Å². The van der Waals surface area contributed by atoms with Crippen molar-refractivity contribution in [1.29, 1.82) is 5.26 Å². The monoisotopic (exact) mass is 218 g/mol. The van der Waals surface area contributed by atoms with Crippen LogP contribution in [-0.4, -0.2) is 31.9 Å². The highest BCUT2D eigenvalue weighted by Gasteiger charge is 2.24. The highest BCUT2D eigenvalue weighted by Crippen LogP contribution is 2.06. The van der Waals surface area contributed by atoms with Crippen molar-refractivity contribution in [1.82, 2.24) is 5.32 Å². The summed E-state index contributed by atoms with van der Waals surface area (Å²) in [7, 11) is -3.33. The molecule has 0 fully saturated rings. The zero-order valence-corrected chi connectivity index (χ0v) is 9.31. The van der Waals surface area contributed by atoms with E-state index < -0.39 is 27.0 Å². The van der Waals surface area contributed by atoms with Gasteiger partial charge in [-0.15, -0.1) is 0 Å². The van der Waals surface area contributed by atoms with Gasteiger partial charge >= 0.3 is 0 Å². The van der Waals surface area contributed by atoms with Gasteiger partial charge in [0.1, 0.15) is 11.3 Å². The van der Waals surface area contributed by atoms with Crippen molar-refractivity contribution in [2.75, 3.05) is 12.0 Å². The Bertz CT molecular complexity index is 355. The first-order chi connectivity index (χ1) is 6.22. The van der Waals surface area contributed by atoms with Crippen LogP contribution in [0.25, 0.3) is 0 Å². The van der Waals surface area contributed by atoms with E-state index in [1.807, 2.05) is 6.07 Å². The number of hydrogen-bond acceptors (Lipinski definition) is 4. The zero-order chi connectivity index (χ0) is 11.4. The molecule has 0 aromatic heterocycles.